The first-order valence-electron chi connectivity index (χ1n) is 5.05. The van der Waals surface area contributed by atoms with Gasteiger partial charge in [0.05, 0.1) is 17.2 Å². The Morgan fingerprint density at radius 2 is 1.73 bits per heavy atom. The van der Waals surface area contributed by atoms with Gasteiger partial charge in [0.15, 0.2) is 0 Å². The first kappa shape index (κ1) is 8.41. The van der Waals surface area contributed by atoms with Crippen LogP contribution in [0.5, 0.6) is 0 Å². The molecule has 0 radical (unpaired) electrons. The molecule has 74 valence electrons. The van der Waals surface area contributed by atoms with Gasteiger partial charge in [-0.25, -0.2) is 4.98 Å². The number of para-hydroxylation sites is 2. The van der Waals surface area contributed by atoms with Crippen molar-refractivity contribution < 1.29 is 0 Å². The molecule has 2 aromatic rings. The summed E-state index contributed by atoms with van der Waals surface area (Å²) in [5, 5.41) is 0. The maximum atomic E-state index is 4.58. The molecule has 0 fully saturated rings. The predicted molar refractivity (Wildman–Crippen MR) is 60.9 cm³/mol. The van der Waals surface area contributed by atoms with E-state index in [1.807, 2.05) is 30.5 Å². The average Bonchev–Trinajstić information content (AvgIpc) is 2.82. The highest BCUT2D eigenvalue weighted by molar-refractivity contribution is 5.75. The number of nitrogens with zero attached hydrogens (tertiary/aromatic N) is 3. The largest absolute Gasteiger partial charge is 0.348 e. The summed E-state index contributed by atoms with van der Waals surface area (Å²) in [6, 6.07) is 7.95. The fourth-order valence-electron chi connectivity index (χ4n) is 1.76. The minimum absolute atomic E-state index is 0.938. The summed E-state index contributed by atoms with van der Waals surface area (Å²) in [6.45, 7) is 1.88. The van der Waals surface area contributed by atoms with E-state index in [9.17, 15) is 0 Å². The second-order valence-corrected chi connectivity index (χ2v) is 3.59. The topological polar surface area (TPSA) is 29.0 Å². The number of anilines is 1. The van der Waals surface area contributed by atoms with Crippen LogP contribution in [0, 0.1) is 0 Å². The second-order valence-electron chi connectivity index (χ2n) is 3.59. The van der Waals surface area contributed by atoms with E-state index in [2.05, 4.69) is 27.0 Å². The van der Waals surface area contributed by atoms with E-state index in [1.54, 1.807) is 0 Å². The highest BCUT2D eigenvalue weighted by Crippen LogP contribution is 2.16. The molecule has 0 atom stereocenters. The van der Waals surface area contributed by atoms with Gasteiger partial charge >= 0.3 is 0 Å². The summed E-state index contributed by atoms with van der Waals surface area (Å²) in [7, 11) is 0. The quantitative estimate of drug-likeness (QED) is 0.655. The van der Waals surface area contributed by atoms with E-state index < -0.39 is 0 Å². The lowest BCUT2D eigenvalue weighted by atomic mass is 10.3. The zero-order valence-corrected chi connectivity index (χ0v) is 8.30. The molecule has 1 aromatic carbocycles. The zero-order valence-electron chi connectivity index (χ0n) is 8.30. The van der Waals surface area contributed by atoms with Crippen LogP contribution in [0.3, 0.4) is 0 Å². The highest BCUT2D eigenvalue weighted by atomic mass is 15.2. The van der Waals surface area contributed by atoms with E-state index in [0.717, 1.165) is 29.9 Å². The van der Waals surface area contributed by atoms with Crippen molar-refractivity contribution in [3.8, 4) is 0 Å². The molecule has 0 spiro atoms. The molecule has 3 rings (SSSR count). The van der Waals surface area contributed by atoms with Gasteiger partial charge in [0.2, 0.25) is 0 Å². The van der Waals surface area contributed by atoms with Crippen LogP contribution in [0.25, 0.3) is 11.0 Å². The maximum Gasteiger partial charge on any atom is 0.148 e. The zero-order chi connectivity index (χ0) is 10.1. The molecule has 0 saturated heterocycles. The minimum Gasteiger partial charge on any atom is -0.348 e. The fourth-order valence-corrected chi connectivity index (χ4v) is 1.76. The Balaban J connectivity index is 2.06. The van der Waals surface area contributed by atoms with Crippen LogP contribution in [0.4, 0.5) is 5.82 Å². The van der Waals surface area contributed by atoms with Gasteiger partial charge in [-0.15, -0.1) is 0 Å². The second kappa shape index (κ2) is 3.35. The van der Waals surface area contributed by atoms with E-state index in [1.165, 1.54) is 0 Å². The molecule has 1 aliphatic heterocycles. The predicted octanol–water partition coefficient (Wildman–Crippen LogP) is 2.01. The third-order valence-electron chi connectivity index (χ3n) is 2.58. The van der Waals surface area contributed by atoms with E-state index >= 15 is 0 Å². The van der Waals surface area contributed by atoms with E-state index in [-0.39, 0.29) is 0 Å². The Labute approximate surface area is 88.1 Å². The van der Waals surface area contributed by atoms with Crippen LogP contribution in [-0.2, 0) is 0 Å². The third kappa shape index (κ3) is 1.46. The number of hydrogen-bond acceptors (Lipinski definition) is 3. The Hall–Kier alpha value is -1.90. The number of hydrogen-bond donors (Lipinski definition) is 0. The van der Waals surface area contributed by atoms with Crippen molar-refractivity contribution in [2.24, 2.45) is 0 Å². The molecular weight excluding hydrogens is 186 g/mol. The molecular formula is C12H11N3. The molecule has 0 N–H and O–H groups in total. The summed E-state index contributed by atoms with van der Waals surface area (Å²) in [4.78, 5) is 11.2. The average molecular weight is 197 g/mol. The van der Waals surface area contributed by atoms with Crippen molar-refractivity contribution in [1.82, 2.24) is 9.97 Å². The Bertz CT molecular complexity index is 511. The molecule has 3 nitrogen and oxygen atoms in total. The van der Waals surface area contributed by atoms with Gasteiger partial charge in [-0.1, -0.05) is 24.3 Å². The van der Waals surface area contributed by atoms with E-state index in [4.69, 9.17) is 0 Å². The highest BCUT2D eigenvalue weighted by Gasteiger charge is 2.09. The normalized spacial score (nSPS) is 15.1. The fraction of sp³-hybridized carbons (Fsp3) is 0.167. The van der Waals surface area contributed by atoms with Crippen molar-refractivity contribution in [2.45, 2.75) is 0 Å². The van der Waals surface area contributed by atoms with Gasteiger partial charge < -0.3 is 4.90 Å². The summed E-state index contributed by atoms with van der Waals surface area (Å²) in [5.41, 5.74) is 1.91. The lowest BCUT2D eigenvalue weighted by Gasteiger charge is -2.15. The Morgan fingerprint density at radius 3 is 2.53 bits per heavy atom. The minimum atomic E-state index is 0.938. The van der Waals surface area contributed by atoms with Crippen LogP contribution in [0.1, 0.15) is 0 Å². The van der Waals surface area contributed by atoms with Crippen LogP contribution >= 0.6 is 0 Å². The first-order valence-corrected chi connectivity index (χ1v) is 5.05. The molecule has 2 heterocycles. The summed E-state index contributed by atoms with van der Waals surface area (Å²) < 4.78 is 0. The number of fused-ring (bicyclic) bond motifs is 1. The summed E-state index contributed by atoms with van der Waals surface area (Å²) >= 11 is 0. The van der Waals surface area contributed by atoms with Gasteiger partial charge in [0.25, 0.3) is 0 Å². The molecule has 1 aliphatic rings. The lowest BCUT2D eigenvalue weighted by molar-refractivity contribution is 0.968. The standard InChI is InChI=1S/C12H11N3/c1-2-6-11-10(5-1)13-9-12(14-11)15-7-3-4-8-15/h1-6,9H,7-8H2. The lowest BCUT2D eigenvalue weighted by Crippen LogP contribution is -2.19. The molecule has 0 amide bonds. The van der Waals surface area contributed by atoms with Gasteiger partial charge in [-0.2, -0.15) is 0 Å². The Morgan fingerprint density at radius 1 is 1.00 bits per heavy atom. The molecule has 0 saturated carbocycles. The molecule has 1 aromatic heterocycles. The van der Waals surface area contributed by atoms with Gasteiger partial charge in [0.1, 0.15) is 5.82 Å². The maximum absolute atomic E-state index is 4.58. The van der Waals surface area contributed by atoms with Gasteiger partial charge in [0, 0.05) is 13.1 Å². The van der Waals surface area contributed by atoms with Crippen LogP contribution < -0.4 is 4.90 Å². The molecule has 0 aliphatic carbocycles. The summed E-state index contributed by atoms with van der Waals surface area (Å²) in [5.74, 6) is 0.957. The van der Waals surface area contributed by atoms with Crippen molar-refractivity contribution in [3.63, 3.8) is 0 Å². The first-order chi connectivity index (χ1) is 7.43. The Kier molecular flexibility index (Phi) is 1.88. The number of rotatable bonds is 1. The molecule has 0 unspecified atom stereocenters. The monoisotopic (exact) mass is 197 g/mol. The molecule has 0 bridgehead atoms. The number of aromatic nitrogens is 2. The van der Waals surface area contributed by atoms with Crippen molar-refractivity contribution in [1.29, 1.82) is 0 Å². The van der Waals surface area contributed by atoms with Crippen LogP contribution in [0.2, 0.25) is 0 Å². The van der Waals surface area contributed by atoms with E-state index in [0.29, 0.717) is 0 Å². The molecule has 15 heavy (non-hydrogen) atoms. The van der Waals surface area contributed by atoms with Gasteiger partial charge in [-0.3, -0.25) is 4.98 Å². The number of benzene rings is 1. The van der Waals surface area contributed by atoms with Crippen molar-refractivity contribution in [2.75, 3.05) is 18.0 Å². The van der Waals surface area contributed by atoms with Crippen molar-refractivity contribution in [3.05, 3.63) is 42.6 Å². The SMILES string of the molecule is C1=CCN(c2cnc3ccccc3n2)C1. The van der Waals surface area contributed by atoms with Crippen LogP contribution in [-0.4, -0.2) is 23.1 Å². The third-order valence-corrected chi connectivity index (χ3v) is 2.58. The molecule has 3 heteroatoms. The van der Waals surface area contributed by atoms with Crippen molar-refractivity contribution >= 4 is 16.9 Å². The van der Waals surface area contributed by atoms with Crippen LogP contribution in [0.15, 0.2) is 42.6 Å². The smallest absolute Gasteiger partial charge is 0.148 e. The van der Waals surface area contributed by atoms with Gasteiger partial charge in [-0.05, 0) is 12.1 Å². The summed E-state index contributed by atoms with van der Waals surface area (Å²) in [6.07, 6.45) is 6.14.